The molecule has 0 spiro atoms. The molecule has 0 saturated carbocycles. The fourth-order valence-corrected chi connectivity index (χ4v) is 2.33. The lowest BCUT2D eigenvalue weighted by molar-refractivity contribution is 0.150. The highest BCUT2D eigenvalue weighted by Gasteiger charge is 2.29. The number of rotatable bonds is 2. The van der Waals surface area contributed by atoms with Gasteiger partial charge in [0.2, 0.25) is 0 Å². The lowest BCUT2D eigenvalue weighted by Gasteiger charge is -2.34. The van der Waals surface area contributed by atoms with Crippen LogP contribution >= 0.6 is 0 Å². The summed E-state index contributed by atoms with van der Waals surface area (Å²) in [4.78, 5) is 2.24. The number of likely N-dealkylation sites (tertiary alicyclic amines) is 1. The van der Waals surface area contributed by atoms with Gasteiger partial charge in [0.25, 0.3) is 0 Å². The summed E-state index contributed by atoms with van der Waals surface area (Å²) in [6.45, 7) is 4.43. The molecular weight excluding hydrogens is 241 g/mol. The number of halogens is 1. The minimum atomic E-state index is -0.470. The van der Waals surface area contributed by atoms with E-state index in [2.05, 4.69) is 11.0 Å². The van der Waals surface area contributed by atoms with E-state index in [9.17, 15) is 4.39 Å². The molecule has 4 heteroatoms. The molecule has 0 aromatic heterocycles. The Morgan fingerprint density at radius 2 is 2.00 bits per heavy atom. The van der Waals surface area contributed by atoms with Crippen molar-refractivity contribution in [3.8, 4) is 12.1 Å². The van der Waals surface area contributed by atoms with Crippen LogP contribution in [0.3, 0.4) is 0 Å². The number of hydrogen-bond acceptors (Lipinski definition) is 3. The fourth-order valence-electron chi connectivity index (χ4n) is 2.33. The summed E-state index contributed by atoms with van der Waals surface area (Å²) in [7, 11) is 0. The van der Waals surface area contributed by atoms with Crippen LogP contribution in [0, 0.1) is 33.9 Å². The first-order valence-corrected chi connectivity index (χ1v) is 6.38. The molecule has 1 fully saturated rings. The van der Waals surface area contributed by atoms with Crippen LogP contribution in [0.4, 0.5) is 4.39 Å². The van der Waals surface area contributed by atoms with Gasteiger partial charge < -0.3 is 0 Å². The van der Waals surface area contributed by atoms with Crippen molar-refractivity contribution in [2.75, 3.05) is 13.1 Å². The molecule has 1 aromatic carbocycles. The maximum atomic E-state index is 13.2. The van der Waals surface area contributed by atoms with Gasteiger partial charge in [0, 0.05) is 6.54 Å². The van der Waals surface area contributed by atoms with Crippen molar-refractivity contribution in [2.24, 2.45) is 5.41 Å². The molecule has 0 aliphatic carbocycles. The van der Waals surface area contributed by atoms with Gasteiger partial charge in [-0.3, -0.25) is 4.90 Å². The largest absolute Gasteiger partial charge is 0.299 e. The third-order valence-corrected chi connectivity index (χ3v) is 3.79. The standard InChI is InChI=1S/C15H16FN3/c1-15(11-18)4-6-19(7-5-15)10-12-2-3-14(16)13(8-12)9-17/h2-3,8H,4-7,10H2,1H3. The predicted molar refractivity (Wildman–Crippen MR) is 69.3 cm³/mol. The van der Waals surface area contributed by atoms with Gasteiger partial charge in [-0.05, 0) is 50.6 Å². The monoisotopic (exact) mass is 257 g/mol. The Morgan fingerprint density at radius 3 is 2.58 bits per heavy atom. The van der Waals surface area contributed by atoms with Crippen molar-refractivity contribution in [1.29, 1.82) is 10.5 Å². The van der Waals surface area contributed by atoms with Crippen molar-refractivity contribution < 1.29 is 4.39 Å². The molecule has 1 aliphatic rings. The molecule has 0 unspecified atom stereocenters. The summed E-state index contributed by atoms with van der Waals surface area (Å²) >= 11 is 0. The second-order valence-electron chi connectivity index (χ2n) is 5.37. The van der Waals surface area contributed by atoms with Crippen LogP contribution in [0.25, 0.3) is 0 Å². The molecule has 98 valence electrons. The second kappa shape index (κ2) is 5.38. The lowest BCUT2D eigenvalue weighted by Crippen LogP contribution is -2.37. The average Bonchev–Trinajstić information content (AvgIpc) is 2.43. The van der Waals surface area contributed by atoms with Crippen LogP contribution in [0.5, 0.6) is 0 Å². The maximum absolute atomic E-state index is 13.2. The molecule has 19 heavy (non-hydrogen) atoms. The number of benzene rings is 1. The number of hydrogen-bond donors (Lipinski definition) is 0. The van der Waals surface area contributed by atoms with E-state index < -0.39 is 5.82 Å². The SMILES string of the molecule is CC1(C#N)CCN(Cc2ccc(F)c(C#N)c2)CC1. The van der Waals surface area contributed by atoms with Crippen LogP contribution < -0.4 is 0 Å². The summed E-state index contributed by atoms with van der Waals surface area (Å²) in [6, 6.07) is 8.90. The Morgan fingerprint density at radius 1 is 1.32 bits per heavy atom. The van der Waals surface area contributed by atoms with Gasteiger partial charge in [0.1, 0.15) is 11.9 Å². The zero-order valence-corrected chi connectivity index (χ0v) is 11.0. The number of nitrogens with zero attached hydrogens (tertiary/aromatic N) is 3. The van der Waals surface area contributed by atoms with Crippen molar-refractivity contribution in [2.45, 2.75) is 26.3 Å². The van der Waals surface area contributed by atoms with E-state index in [0.717, 1.165) is 31.5 Å². The Labute approximate surface area is 112 Å². The minimum absolute atomic E-state index is 0.0939. The van der Waals surface area contributed by atoms with Crippen molar-refractivity contribution >= 4 is 0 Å². The highest BCUT2D eigenvalue weighted by molar-refractivity contribution is 5.34. The van der Waals surface area contributed by atoms with Crippen molar-refractivity contribution in [1.82, 2.24) is 4.90 Å². The van der Waals surface area contributed by atoms with Crippen LogP contribution in [0.1, 0.15) is 30.9 Å². The Hall–Kier alpha value is -1.91. The third-order valence-electron chi connectivity index (χ3n) is 3.79. The van der Waals surface area contributed by atoms with Gasteiger partial charge in [0.05, 0.1) is 17.0 Å². The summed E-state index contributed by atoms with van der Waals surface area (Å²) in [5.41, 5.74) is 0.826. The summed E-state index contributed by atoms with van der Waals surface area (Å²) in [5, 5.41) is 17.9. The molecule has 0 atom stereocenters. The minimum Gasteiger partial charge on any atom is -0.299 e. The molecule has 2 rings (SSSR count). The molecule has 3 nitrogen and oxygen atoms in total. The van der Waals surface area contributed by atoms with Gasteiger partial charge in [-0.2, -0.15) is 10.5 Å². The number of nitriles is 2. The van der Waals surface area contributed by atoms with E-state index in [1.165, 1.54) is 6.07 Å². The zero-order chi connectivity index (χ0) is 13.9. The van der Waals surface area contributed by atoms with E-state index in [1.807, 2.05) is 13.0 Å². The maximum Gasteiger partial charge on any atom is 0.140 e. The fraction of sp³-hybridized carbons (Fsp3) is 0.467. The predicted octanol–water partition coefficient (Wildman–Crippen LogP) is 2.82. The molecule has 1 aliphatic heterocycles. The molecule has 0 bridgehead atoms. The summed E-state index contributed by atoms with van der Waals surface area (Å²) < 4.78 is 13.2. The molecule has 0 N–H and O–H groups in total. The van der Waals surface area contributed by atoms with E-state index in [1.54, 1.807) is 12.1 Å². The second-order valence-corrected chi connectivity index (χ2v) is 5.37. The van der Waals surface area contributed by atoms with Crippen LogP contribution in [-0.2, 0) is 6.54 Å². The van der Waals surface area contributed by atoms with Gasteiger partial charge in [0.15, 0.2) is 0 Å². The third kappa shape index (κ3) is 3.10. The molecule has 1 saturated heterocycles. The first kappa shape index (κ1) is 13.5. The first-order valence-electron chi connectivity index (χ1n) is 6.38. The Kier molecular flexibility index (Phi) is 3.83. The smallest absolute Gasteiger partial charge is 0.140 e. The van der Waals surface area contributed by atoms with E-state index in [-0.39, 0.29) is 11.0 Å². The highest BCUT2D eigenvalue weighted by Crippen LogP contribution is 2.30. The van der Waals surface area contributed by atoms with Crippen molar-refractivity contribution in [3.63, 3.8) is 0 Å². The number of piperidine rings is 1. The Balaban J connectivity index is 2.01. The van der Waals surface area contributed by atoms with Crippen LogP contribution in [0.15, 0.2) is 18.2 Å². The lowest BCUT2D eigenvalue weighted by atomic mass is 9.82. The van der Waals surface area contributed by atoms with Gasteiger partial charge in [-0.1, -0.05) is 6.07 Å². The zero-order valence-electron chi connectivity index (χ0n) is 11.0. The molecule has 0 radical (unpaired) electrons. The highest BCUT2D eigenvalue weighted by atomic mass is 19.1. The first-order chi connectivity index (χ1) is 9.06. The van der Waals surface area contributed by atoms with E-state index in [0.29, 0.717) is 6.54 Å². The summed E-state index contributed by atoms with van der Waals surface area (Å²) in [5.74, 6) is -0.470. The molecule has 1 heterocycles. The van der Waals surface area contributed by atoms with Gasteiger partial charge in [-0.15, -0.1) is 0 Å². The quantitative estimate of drug-likeness (QED) is 0.818. The van der Waals surface area contributed by atoms with Gasteiger partial charge >= 0.3 is 0 Å². The average molecular weight is 257 g/mol. The molecular formula is C15H16FN3. The van der Waals surface area contributed by atoms with E-state index >= 15 is 0 Å². The normalized spacial score (nSPS) is 18.5. The molecule has 1 aromatic rings. The van der Waals surface area contributed by atoms with Crippen LogP contribution in [-0.4, -0.2) is 18.0 Å². The van der Waals surface area contributed by atoms with Crippen LogP contribution in [0.2, 0.25) is 0 Å². The summed E-state index contributed by atoms with van der Waals surface area (Å²) in [6.07, 6.45) is 1.71. The van der Waals surface area contributed by atoms with Crippen molar-refractivity contribution in [3.05, 3.63) is 35.1 Å². The topological polar surface area (TPSA) is 50.8 Å². The molecule has 0 amide bonds. The Bertz CT molecular complexity index is 545. The van der Waals surface area contributed by atoms with Gasteiger partial charge in [-0.25, -0.2) is 4.39 Å². The van der Waals surface area contributed by atoms with E-state index in [4.69, 9.17) is 10.5 Å².